The predicted molar refractivity (Wildman–Crippen MR) is 151 cm³/mol. The lowest BCUT2D eigenvalue weighted by Gasteiger charge is -2.29. The van der Waals surface area contributed by atoms with E-state index in [4.69, 9.17) is 21.7 Å². The van der Waals surface area contributed by atoms with E-state index in [9.17, 15) is 4.79 Å². The van der Waals surface area contributed by atoms with Gasteiger partial charge < -0.3 is 29.6 Å². The average molecular weight is 528 g/mol. The molecule has 0 aliphatic carbocycles. The lowest BCUT2D eigenvalue weighted by Crippen LogP contribution is -2.33. The minimum absolute atomic E-state index is 0.127. The molecule has 0 radical (unpaired) electrons. The highest BCUT2D eigenvalue weighted by molar-refractivity contribution is 7.80. The van der Waals surface area contributed by atoms with Crippen molar-refractivity contribution in [3.63, 3.8) is 0 Å². The number of ether oxygens (including phenoxy) is 2. The Balaban J connectivity index is 1.46. The van der Waals surface area contributed by atoms with Crippen molar-refractivity contribution < 1.29 is 14.3 Å². The van der Waals surface area contributed by atoms with Gasteiger partial charge in [-0.1, -0.05) is 30.3 Å². The number of thiocarbonyl (C=S) groups is 1. The number of carbonyl (C=O) groups excluding carboxylic acids is 1. The monoisotopic (exact) mass is 527 g/mol. The lowest BCUT2D eigenvalue weighted by atomic mass is 10.0. The van der Waals surface area contributed by atoms with Crippen molar-refractivity contribution >= 4 is 28.9 Å². The summed E-state index contributed by atoms with van der Waals surface area (Å²) in [7, 11) is 3.25. The minimum Gasteiger partial charge on any atom is -0.495 e. The highest BCUT2D eigenvalue weighted by Crippen LogP contribution is 2.40. The Hall–Kier alpha value is -4.37. The number of hydrogen-bond donors (Lipinski definition) is 2. The Morgan fingerprint density at radius 3 is 2.47 bits per heavy atom. The van der Waals surface area contributed by atoms with E-state index in [2.05, 4.69) is 31.2 Å². The van der Waals surface area contributed by atoms with Crippen LogP contribution in [0.4, 0.5) is 5.69 Å². The molecule has 0 bridgehead atoms. The fourth-order valence-corrected chi connectivity index (χ4v) is 5.17. The number of pyridine rings is 1. The van der Waals surface area contributed by atoms with Gasteiger partial charge in [-0.3, -0.25) is 9.78 Å². The molecule has 38 heavy (non-hydrogen) atoms. The van der Waals surface area contributed by atoms with E-state index in [1.807, 2.05) is 79.0 Å². The van der Waals surface area contributed by atoms with E-state index >= 15 is 0 Å². The summed E-state index contributed by atoms with van der Waals surface area (Å²) in [5.74, 6) is 1.25. The van der Waals surface area contributed by atoms with E-state index in [0.717, 1.165) is 22.8 Å². The van der Waals surface area contributed by atoms with Gasteiger partial charge in [-0.15, -0.1) is 0 Å². The van der Waals surface area contributed by atoms with Gasteiger partial charge in [0.2, 0.25) is 5.91 Å². The molecule has 0 spiro atoms. The summed E-state index contributed by atoms with van der Waals surface area (Å²) in [4.78, 5) is 19.7. The first-order valence-corrected chi connectivity index (χ1v) is 12.7. The van der Waals surface area contributed by atoms with E-state index in [0.29, 0.717) is 23.1 Å². The van der Waals surface area contributed by atoms with Crippen molar-refractivity contribution in [2.24, 2.45) is 0 Å². The largest absolute Gasteiger partial charge is 0.495 e. The molecule has 2 aromatic heterocycles. The van der Waals surface area contributed by atoms with Crippen molar-refractivity contribution in [3.8, 4) is 17.2 Å². The molecule has 2 unspecified atom stereocenters. The summed E-state index contributed by atoms with van der Waals surface area (Å²) in [5.41, 5.74) is 3.42. The number of methoxy groups -OCH3 is 2. The number of amides is 1. The Bertz CT molecular complexity index is 1420. The van der Waals surface area contributed by atoms with Gasteiger partial charge in [0.15, 0.2) is 5.11 Å². The Labute approximate surface area is 227 Å². The fraction of sp³-hybridized carbons (Fsp3) is 0.207. The standard InChI is InChI=1S/C29H29N5O3S/c1-36-24-14-5-3-10-20(24)31-26(35)16-19-34-28(27(32-29(34)38)21-11-7-8-17-30-21)23-13-9-18-33(23)22-12-4-6-15-25(22)37-2/h3-15,17-18,27-28H,16,19H2,1-2H3,(H,31,35)(H,32,38). The van der Waals surface area contributed by atoms with E-state index < -0.39 is 0 Å². The second-order valence-corrected chi connectivity index (χ2v) is 9.18. The summed E-state index contributed by atoms with van der Waals surface area (Å²) in [6, 6.07) is 24.7. The molecular weight excluding hydrogens is 498 g/mol. The molecule has 3 heterocycles. The molecule has 1 saturated heterocycles. The van der Waals surface area contributed by atoms with Gasteiger partial charge in [-0.05, 0) is 60.7 Å². The van der Waals surface area contributed by atoms with Crippen molar-refractivity contribution in [1.82, 2.24) is 19.8 Å². The normalized spacial score (nSPS) is 16.7. The van der Waals surface area contributed by atoms with E-state index in [-0.39, 0.29) is 24.4 Å². The first kappa shape index (κ1) is 25.3. The van der Waals surface area contributed by atoms with Crippen LogP contribution in [0.15, 0.2) is 91.3 Å². The van der Waals surface area contributed by atoms with Gasteiger partial charge >= 0.3 is 0 Å². The molecule has 2 atom stereocenters. The molecule has 1 fully saturated rings. The highest BCUT2D eigenvalue weighted by Gasteiger charge is 2.41. The molecule has 1 aliphatic rings. The zero-order valence-electron chi connectivity index (χ0n) is 21.2. The predicted octanol–water partition coefficient (Wildman–Crippen LogP) is 4.89. The van der Waals surface area contributed by atoms with Gasteiger partial charge in [0.1, 0.15) is 11.5 Å². The molecule has 2 N–H and O–H groups in total. The van der Waals surface area contributed by atoms with Gasteiger partial charge in [-0.2, -0.15) is 0 Å². The molecule has 0 saturated carbocycles. The van der Waals surface area contributed by atoms with Crippen molar-refractivity contribution in [3.05, 3.63) is 103 Å². The number of benzene rings is 2. The SMILES string of the molecule is COc1ccccc1NC(=O)CCN1C(=S)NC(c2ccccn2)C1c1cccn1-c1ccccc1OC. The second kappa shape index (κ2) is 11.4. The second-order valence-electron chi connectivity index (χ2n) is 8.79. The Morgan fingerprint density at radius 1 is 0.974 bits per heavy atom. The van der Waals surface area contributed by atoms with Crippen LogP contribution in [0, 0.1) is 0 Å². The fourth-order valence-electron chi connectivity index (χ4n) is 4.83. The molecule has 1 aliphatic heterocycles. The maximum absolute atomic E-state index is 13.0. The topological polar surface area (TPSA) is 80.7 Å². The number of anilines is 1. The van der Waals surface area contributed by atoms with E-state index in [1.54, 1.807) is 20.4 Å². The Kier molecular flexibility index (Phi) is 7.55. The number of nitrogens with one attached hydrogen (secondary N) is 2. The third-order valence-electron chi connectivity index (χ3n) is 6.59. The third kappa shape index (κ3) is 5.05. The van der Waals surface area contributed by atoms with Gasteiger partial charge in [0.25, 0.3) is 0 Å². The molecule has 194 valence electrons. The summed E-state index contributed by atoms with van der Waals surface area (Å²) < 4.78 is 13.1. The molecular formula is C29H29N5O3S. The van der Waals surface area contributed by atoms with Crippen molar-refractivity contribution in [2.75, 3.05) is 26.1 Å². The van der Waals surface area contributed by atoms with Crippen LogP contribution in [0.25, 0.3) is 5.69 Å². The minimum atomic E-state index is -0.212. The first-order valence-electron chi connectivity index (χ1n) is 12.3. The maximum atomic E-state index is 13.0. The van der Waals surface area contributed by atoms with Crippen molar-refractivity contribution in [2.45, 2.75) is 18.5 Å². The van der Waals surface area contributed by atoms with Gasteiger partial charge in [-0.25, -0.2) is 0 Å². The van der Waals surface area contributed by atoms with Crippen LogP contribution in [-0.2, 0) is 4.79 Å². The molecule has 5 rings (SSSR count). The molecule has 8 nitrogen and oxygen atoms in total. The third-order valence-corrected chi connectivity index (χ3v) is 6.94. The zero-order valence-corrected chi connectivity index (χ0v) is 22.0. The number of nitrogens with zero attached hydrogens (tertiary/aromatic N) is 3. The lowest BCUT2D eigenvalue weighted by molar-refractivity contribution is -0.116. The van der Waals surface area contributed by atoms with Crippen LogP contribution < -0.4 is 20.1 Å². The number of hydrogen-bond acceptors (Lipinski definition) is 5. The summed E-state index contributed by atoms with van der Waals surface area (Å²) in [5, 5.41) is 6.99. The van der Waals surface area contributed by atoms with Crippen molar-refractivity contribution in [1.29, 1.82) is 0 Å². The zero-order chi connectivity index (χ0) is 26.5. The quantitative estimate of drug-likeness (QED) is 0.300. The summed E-state index contributed by atoms with van der Waals surface area (Å²) in [6.07, 6.45) is 4.02. The molecule has 1 amide bonds. The average Bonchev–Trinajstić information content (AvgIpc) is 3.56. The van der Waals surface area contributed by atoms with Crippen LogP contribution in [-0.4, -0.2) is 46.2 Å². The first-order chi connectivity index (χ1) is 18.6. The number of aromatic nitrogens is 2. The summed E-state index contributed by atoms with van der Waals surface area (Å²) >= 11 is 5.80. The molecule has 9 heteroatoms. The maximum Gasteiger partial charge on any atom is 0.226 e. The van der Waals surface area contributed by atoms with Crippen LogP contribution in [0.5, 0.6) is 11.5 Å². The van der Waals surface area contributed by atoms with Gasteiger partial charge in [0.05, 0.1) is 43.4 Å². The van der Waals surface area contributed by atoms with Crippen LogP contribution in [0.1, 0.15) is 29.9 Å². The number of para-hydroxylation sites is 4. The number of carbonyl (C=O) groups is 1. The summed E-state index contributed by atoms with van der Waals surface area (Å²) in [6.45, 7) is 0.415. The van der Waals surface area contributed by atoms with Gasteiger partial charge in [0, 0.05) is 31.1 Å². The highest BCUT2D eigenvalue weighted by atomic mass is 32.1. The van der Waals surface area contributed by atoms with Crippen LogP contribution in [0.2, 0.25) is 0 Å². The molecule has 4 aromatic rings. The Morgan fingerprint density at radius 2 is 1.71 bits per heavy atom. The van der Waals surface area contributed by atoms with E-state index in [1.165, 1.54) is 0 Å². The van der Waals surface area contributed by atoms with Crippen LogP contribution in [0.3, 0.4) is 0 Å². The number of rotatable bonds is 9. The molecule has 2 aromatic carbocycles. The smallest absolute Gasteiger partial charge is 0.226 e. The van der Waals surface area contributed by atoms with Crippen LogP contribution >= 0.6 is 12.2 Å².